The third kappa shape index (κ3) is 4.09. The zero-order chi connectivity index (χ0) is 15.4. The third-order valence-electron chi connectivity index (χ3n) is 3.06. The lowest BCUT2D eigenvalue weighted by atomic mass is 10.2. The zero-order valence-electron chi connectivity index (χ0n) is 11.0. The topological polar surface area (TPSA) is 108 Å². The van der Waals surface area contributed by atoms with E-state index in [-0.39, 0.29) is 22.5 Å². The number of halogens is 1. The molecule has 0 saturated carbocycles. The molecule has 1 heterocycles. The van der Waals surface area contributed by atoms with Crippen molar-refractivity contribution in [2.75, 3.05) is 11.9 Å². The van der Waals surface area contributed by atoms with Gasteiger partial charge in [-0.05, 0) is 24.6 Å². The summed E-state index contributed by atoms with van der Waals surface area (Å²) in [5, 5.41) is 16.8. The molecule has 1 aromatic rings. The predicted molar refractivity (Wildman–Crippen MR) is 76.6 cm³/mol. The highest BCUT2D eigenvalue weighted by Crippen LogP contribution is 2.23. The first-order chi connectivity index (χ1) is 9.95. The Morgan fingerprint density at radius 1 is 1.43 bits per heavy atom. The maximum Gasteiger partial charge on any atom is 0.335 e. The van der Waals surface area contributed by atoms with E-state index in [4.69, 9.17) is 16.7 Å². The van der Waals surface area contributed by atoms with Crippen LogP contribution in [0.4, 0.5) is 10.5 Å². The van der Waals surface area contributed by atoms with Gasteiger partial charge in [0.25, 0.3) is 0 Å². The molecule has 2 rings (SSSR count). The van der Waals surface area contributed by atoms with Crippen molar-refractivity contribution >= 4 is 35.2 Å². The van der Waals surface area contributed by atoms with Gasteiger partial charge in [-0.2, -0.15) is 0 Å². The number of nitrogens with one attached hydrogen (secondary N) is 3. The Kier molecular flexibility index (Phi) is 4.64. The minimum atomic E-state index is -1.09. The van der Waals surface area contributed by atoms with Gasteiger partial charge in [-0.1, -0.05) is 11.6 Å². The first kappa shape index (κ1) is 15.1. The molecule has 1 aliphatic heterocycles. The van der Waals surface area contributed by atoms with Gasteiger partial charge in [0.1, 0.15) is 0 Å². The number of hydrogen-bond acceptors (Lipinski definition) is 3. The molecule has 1 unspecified atom stereocenters. The highest BCUT2D eigenvalue weighted by Gasteiger charge is 2.21. The van der Waals surface area contributed by atoms with Crippen molar-refractivity contribution < 1.29 is 19.5 Å². The number of carbonyl (C=O) groups excluding carboxylic acids is 2. The second-order valence-corrected chi connectivity index (χ2v) is 5.05. The van der Waals surface area contributed by atoms with E-state index in [1.54, 1.807) is 0 Å². The highest BCUT2D eigenvalue weighted by atomic mass is 35.5. The van der Waals surface area contributed by atoms with Crippen molar-refractivity contribution in [1.29, 1.82) is 0 Å². The van der Waals surface area contributed by atoms with Crippen LogP contribution in [0.25, 0.3) is 0 Å². The molecule has 1 saturated heterocycles. The molecule has 1 aliphatic rings. The number of carbonyl (C=O) groups is 3. The fraction of sp³-hybridized carbons (Fsp3) is 0.308. The Labute approximate surface area is 125 Å². The van der Waals surface area contributed by atoms with Crippen molar-refractivity contribution in [3.63, 3.8) is 0 Å². The number of benzene rings is 1. The number of hydrogen-bond donors (Lipinski definition) is 4. The van der Waals surface area contributed by atoms with Gasteiger partial charge in [-0.3, -0.25) is 4.79 Å². The lowest BCUT2D eigenvalue weighted by Gasteiger charge is -2.13. The molecule has 1 atom stereocenters. The van der Waals surface area contributed by atoms with E-state index in [0.29, 0.717) is 25.1 Å². The van der Waals surface area contributed by atoms with Crippen LogP contribution in [0.1, 0.15) is 23.2 Å². The van der Waals surface area contributed by atoms with Crippen LogP contribution in [0.3, 0.4) is 0 Å². The van der Waals surface area contributed by atoms with Crippen LogP contribution < -0.4 is 16.0 Å². The summed E-state index contributed by atoms with van der Waals surface area (Å²) in [7, 11) is 0. The van der Waals surface area contributed by atoms with E-state index in [1.165, 1.54) is 18.2 Å². The molecule has 1 fully saturated rings. The molecule has 8 heteroatoms. The Bertz CT molecular complexity index is 591. The Morgan fingerprint density at radius 2 is 2.19 bits per heavy atom. The van der Waals surface area contributed by atoms with Crippen LogP contribution in [0, 0.1) is 0 Å². The van der Waals surface area contributed by atoms with Gasteiger partial charge in [0.05, 0.1) is 16.3 Å². The summed E-state index contributed by atoms with van der Waals surface area (Å²) in [4.78, 5) is 33.5. The van der Waals surface area contributed by atoms with Crippen LogP contribution in [-0.4, -0.2) is 35.6 Å². The van der Waals surface area contributed by atoms with Crippen molar-refractivity contribution in [1.82, 2.24) is 10.6 Å². The largest absolute Gasteiger partial charge is 0.478 e. The van der Waals surface area contributed by atoms with E-state index in [9.17, 15) is 14.4 Å². The van der Waals surface area contributed by atoms with E-state index in [0.717, 1.165) is 0 Å². The smallest absolute Gasteiger partial charge is 0.335 e. The molecule has 0 aliphatic carbocycles. The number of anilines is 1. The molecule has 0 bridgehead atoms. The SMILES string of the molecule is O=C1CCC(CNC(=O)Nc2ccc(C(=O)O)cc2Cl)N1. The summed E-state index contributed by atoms with van der Waals surface area (Å²) in [6.45, 7) is 0.322. The first-order valence-corrected chi connectivity index (χ1v) is 6.70. The average molecular weight is 312 g/mol. The number of rotatable bonds is 4. The quantitative estimate of drug-likeness (QED) is 0.674. The molecule has 112 valence electrons. The number of carboxylic acids is 1. The third-order valence-corrected chi connectivity index (χ3v) is 3.37. The van der Waals surface area contributed by atoms with Crippen molar-refractivity contribution in [3.8, 4) is 0 Å². The molecule has 0 radical (unpaired) electrons. The van der Waals surface area contributed by atoms with Crippen LogP contribution in [0.5, 0.6) is 0 Å². The molecular formula is C13H14ClN3O4. The van der Waals surface area contributed by atoms with E-state index in [1.807, 2.05) is 0 Å². The van der Waals surface area contributed by atoms with E-state index >= 15 is 0 Å². The molecule has 7 nitrogen and oxygen atoms in total. The van der Waals surface area contributed by atoms with Crippen LogP contribution in [-0.2, 0) is 4.79 Å². The standard InChI is InChI=1S/C13H14ClN3O4/c14-9-5-7(12(19)20)1-3-10(9)17-13(21)15-6-8-2-4-11(18)16-8/h1,3,5,8H,2,4,6H2,(H,16,18)(H,19,20)(H2,15,17,21). The van der Waals surface area contributed by atoms with Gasteiger partial charge in [0.2, 0.25) is 5.91 Å². The summed E-state index contributed by atoms with van der Waals surface area (Å²) in [5.74, 6) is -1.11. The fourth-order valence-corrected chi connectivity index (χ4v) is 2.19. The van der Waals surface area contributed by atoms with Gasteiger partial charge in [0.15, 0.2) is 0 Å². The van der Waals surface area contributed by atoms with Gasteiger partial charge in [-0.25, -0.2) is 9.59 Å². The number of aromatic carboxylic acids is 1. The maximum atomic E-state index is 11.7. The van der Waals surface area contributed by atoms with Gasteiger partial charge in [-0.15, -0.1) is 0 Å². The zero-order valence-corrected chi connectivity index (χ0v) is 11.7. The summed E-state index contributed by atoms with van der Waals surface area (Å²) in [5.41, 5.74) is 0.356. The molecular weight excluding hydrogens is 298 g/mol. The van der Waals surface area contributed by atoms with Gasteiger partial charge >= 0.3 is 12.0 Å². The lowest BCUT2D eigenvalue weighted by molar-refractivity contribution is -0.119. The first-order valence-electron chi connectivity index (χ1n) is 6.33. The normalized spacial score (nSPS) is 17.2. The molecule has 4 N–H and O–H groups in total. The number of carboxylic acid groups (broad SMARTS) is 1. The van der Waals surface area contributed by atoms with Crippen molar-refractivity contribution in [2.45, 2.75) is 18.9 Å². The Balaban J connectivity index is 1.87. The summed E-state index contributed by atoms with van der Waals surface area (Å²) in [6.07, 6.45) is 1.16. The number of urea groups is 1. The highest BCUT2D eigenvalue weighted by molar-refractivity contribution is 6.34. The molecule has 0 spiro atoms. The van der Waals surface area contributed by atoms with Crippen LogP contribution in [0.2, 0.25) is 5.02 Å². The average Bonchev–Trinajstić information content (AvgIpc) is 2.84. The van der Waals surface area contributed by atoms with Crippen LogP contribution in [0.15, 0.2) is 18.2 Å². The monoisotopic (exact) mass is 311 g/mol. The molecule has 1 aromatic carbocycles. The Hall–Kier alpha value is -2.28. The van der Waals surface area contributed by atoms with Gasteiger partial charge in [0, 0.05) is 19.0 Å². The summed E-state index contributed by atoms with van der Waals surface area (Å²) >= 11 is 5.90. The molecule has 3 amide bonds. The summed E-state index contributed by atoms with van der Waals surface area (Å²) in [6, 6.07) is 3.50. The second kappa shape index (κ2) is 6.45. The molecule has 21 heavy (non-hydrogen) atoms. The lowest BCUT2D eigenvalue weighted by Crippen LogP contribution is -2.40. The number of amides is 3. The Morgan fingerprint density at radius 3 is 2.76 bits per heavy atom. The van der Waals surface area contributed by atoms with Gasteiger partial charge < -0.3 is 21.1 Å². The fourth-order valence-electron chi connectivity index (χ4n) is 1.96. The van der Waals surface area contributed by atoms with E-state index < -0.39 is 12.0 Å². The predicted octanol–water partition coefficient (Wildman–Crippen LogP) is 1.44. The second-order valence-electron chi connectivity index (χ2n) is 4.64. The van der Waals surface area contributed by atoms with Crippen LogP contribution >= 0.6 is 11.6 Å². The van der Waals surface area contributed by atoms with Crippen molar-refractivity contribution in [2.24, 2.45) is 0 Å². The van der Waals surface area contributed by atoms with E-state index in [2.05, 4.69) is 16.0 Å². The van der Waals surface area contributed by atoms with Crippen molar-refractivity contribution in [3.05, 3.63) is 28.8 Å². The summed E-state index contributed by atoms with van der Waals surface area (Å²) < 4.78 is 0. The minimum Gasteiger partial charge on any atom is -0.478 e. The minimum absolute atomic E-state index is 0.0190. The molecule has 0 aromatic heterocycles. The maximum absolute atomic E-state index is 11.7.